The average Bonchev–Trinajstić information content (AvgIpc) is 1.14. The molecule has 0 bridgehead atoms. The number of hydrogen-bond acceptors (Lipinski definition) is 25. The van der Waals surface area contributed by atoms with Gasteiger partial charge in [-0.05, 0) is 49.4 Å². The van der Waals surface area contributed by atoms with E-state index >= 15 is 0 Å². The summed E-state index contributed by atoms with van der Waals surface area (Å²) >= 11 is 0. The highest BCUT2D eigenvalue weighted by Crippen LogP contribution is 2.19. The van der Waals surface area contributed by atoms with E-state index < -0.39 is 66.6 Å². The fourth-order valence-electron chi connectivity index (χ4n) is 10.8. The lowest BCUT2D eigenvalue weighted by Crippen LogP contribution is -2.15. The van der Waals surface area contributed by atoms with Gasteiger partial charge in [-0.1, -0.05) is 364 Å². The second-order valence-corrected chi connectivity index (χ2v) is 33.4. The molecule has 0 aliphatic heterocycles. The number of carbonyl (C=O) groups is 4. The molecule has 0 aromatic rings. The number of hydrogen-bond donors (Lipinski definition) is 25. The fourth-order valence-corrected chi connectivity index (χ4v) is 10.8. The first-order valence-electron chi connectivity index (χ1n) is 47.3. The summed E-state index contributed by atoms with van der Waals surface area (Å²) < 4.78 is 0. The Morgan fingerprint density at radius 2 is 0.221 bits per heavy atom. The Labute approximate surface area is 741 Å². The normalized spacial score (nSPS) is 10.8. The third-order valence-corrected chi connectivity index (χ3v) is 18.6. The lowest BCUT2D eigenvalue weighted by molar-refractivity contribution is -0.138. The van der Waals surface area contributed by atoms with Gasteiger partial charge in [0.25, 0.3) is 0 Å². The van der Waals surface area contributed by atoms with Crippen LogP contribution < -0.4 is 0 Å². The smallest absolute Gasteiger partial charge is 0.303 e. The second-order valence-electron chi connectivity index (χ2n) is 33.4. The van der Waals surface area contributed by atoms with Gasteiger partial charge in [0.05, 0.1) is 92.5 Å². The van der Waals surface area contributed by atoms with E-state index in [0.717, 1.165) is 75.0 Å². The molecule has 0 spiro atoms. The van der Waals surface area contributed by atoms with Crippen LogP contribution in [0.25, 0.3) is 0 Å². The highest BCUT2D eigenvalue weighted by Gasteiger charge is 2.06. The van der Waals surface area contributed by atoms with Crippen LogP contribution in [0.2, 0.25) is 0 Å². The molecule has 0 amide bonds. The van der Waals surface area contributed by atoms with Crippen LogP contribution in [0.1, 0.15) is 415 Å². The molecule has 0 rings (SSSR count). The van der Waals surface area contributed by atoms with E-state index in [-0.39, 0.29) is 92.5 Å². The molecule has 29 heteroatoms. The maximum Gasteiger partial charge on any atom is 0.303 e. The van der Waals surface area contributed by atoms with E-state index in [1.807, 2.05) is 0 Å². The van der Waals surface area contributed by atoms with Crippen molar-refractivity contribution in [1.82, 2.24) is 0 Å². The highest BCUT2D eigenvalue weighted by atomic mass is 16.4. The SMILES string of the molecule is CC(C)CCCCCCCCCCCCCCC(=O)O.CC(C)CCCCCCCCCCCCCCC(=O)O.CC(C)CCCCCCCCCCCCCCC(=O)O.CC(C)CCCCCCCCCCCCCCC(=O)O.OCC(O)CO.OCC(O)CO.OCC(O)CO.OCC(O)CO.OCC(O)CO.OCC(O)CO.OCC(O)CO. The zero-order valence-electron chi connectivity index (χ0n) is 78.7. The first kappa shape index (κ1) is 142. The van der Waals surface area contributed by atoms with Crippen LogP contribution in [0.4, 0.5) is 0 Å². The number of unbranched alkanes of at least 4 members (excludes halogenated alkanes) is 44. The zero-order valence-corrected chi connectivity index (χ0v) is 78.7. The van der Waals surface area contributed by atoms with E-state index in [9.17, 15) is 19.2 Å². The molecule has 29 nitrogen and oxygen atoms in total. The minimum atomic E-state index is -0.954. The Morgan fingerprint density at radius 3 is 0.279 bits per heavy atom. The summed E-state index contributed by atoms with van der Waals surface area (Å²) in [5.41, 5.74) is 0. The van der Waals surface area contributed by atoms with Gasteiger partial charge in [0.1, 0.15) is 42.7 Å². The summed E-state index contributed by atoms with van der Waals surface area (Å²) in [7, 11) is 0. The van der Waals surface area contributed by atoms with Gasteiger partial charge in [-0.3, -0.25) is 19.2 Å². The van der Waals surface area contributed by atoms with Crippen LogP contribution in [0.15, 0.2) is 0 Å². The number of aliphatic hydroxyl groups is 21. The van der Waals surface area contributed by atoms with Crippen molar-refractivity contribution in [3.63, 3.8) is 0 Å². The molecule has 0 aliphatic rings. The number of aliphatic hydroxyl groups excluding tert-OH is 21. The van der Waals surface area contributed by atoms with Crippen molar-refractivity contribution in [2.45, 2.75) is 458 Å². The molecule has 25 N–H and O–H groups in total. The van der Waals surface area contributed by atoms with Crippen molar-refractivity contribution in [1.29, 1.82) is 0 Å². The molecule has 0 aromatic carbocycles. The van der Waals surface area contributed by atoms with E-state index in [2.05, 4.69) is 55.4 Å². The van der Waals surface area contributed by atoms with Crippen LogP contribution in [0, 0.1) is 23.7 Å². The van der Waals surface area contributed by atoms with Crippen molar-refractivity contribution in [3.05, 3.63) is 0 Å². The first-order chi connectivity index (χ1) is 58.2. The molecule has 0 aromatic heterocycles. The number of rotatable bonds is 74. The molecular weight excluding hydrogens is 1580 g/mol. The molecule has 0 saturated carbocycles. The number of carboxylic acid groups (broad SMARTS) is 4. The summed E-state index contributed by atoms with van der Waals surface area (Å²) in [4.78, 5) is 41.3. The van der Waals surface area contributed by atoms with Gasteiger partial charge < -0.3 is 128 Å². The number of aliphatic carboxylic acids is 4. The fraction of sp³-hybridized carbons (Fsp3) is 0.957. The van der Waals surface area contributed by atoms with E-state index in [4.69, 9.17) is 128 Å². The molecule has 746 valence electrons. The van der Waals surface area contributed by atoms with Crippen molar-refractivity contribution in [2.75, 3.05) is 92.5 Å². The maximum atomic E-state index is 10.3. The lowest BCUT2D eigenvalue weighted by Gasteiger charge is -2.04. The Morgan fingerprint density at radius 1 is 0.148 bits per heavy atom. The molecule has 0 aliphatic carbocycles. The maximum absolute atomic E-state index is 10.3. The van der Waals surface area contributed by atoms with Gasteiger partial charge in [-0.25, -0.2) is 0 Å². The zero-order chi connectivity index (χ0) is 95.2. The topological polar surface area (TPSA) is 574 Å². The van der Waals surface area contributed by atoms with Crippen LogP contribution in [-0.2, 0) is 19.2 Å². The molecule has 0 fully saturated rings. The van der Waals surface area contributed by atoms with Crippen molar-refractivity contribution in [3.8, 4) is 0 Å². The lowest BCUT2D eigenvalue weighted by atomic mass is 10.0. The van der Waals surface area contributed by atoms with Gasteiger partial charge in [-0.2, -0.15) is 0 Å². The minimum Gasteiger partial charge on any atom is -0.481 e. The standard InChI is InChI=1S/4C18H36O2.7C3H8O3/c4*1-17(2)15-13-11-9-7-5-3-4-6-8-10-12-14-16-18(19)20;7*4-1-3(6)2-5/h4*17H,3-16H2,1-2H3,(H,19,20);7*3-6H,1-2H2. The number of carboxylic acids is 4. The summed E-state index contributed by atoms with van der Waals surface area (Å²) in [6.45, 7) is 13.4. The van der Waals surface area contributed by atoms with Crippen LogP contribution >= 0.6 is 0 Å². The predicted octanol–water partition coefficient (Wildman–Crippen LogP) is 13.1. The largest absolute Gasteiger partial charge is 0.481 e. The quantitative estimate of drug-likeness (QED) is 0.0251. The van der Waals surface area contributed by atoms with Gasteiger partial charge in [0.2, 0.25) is 0 Å². The van der Waals surface area contributed by atoms with Gasteiger partial charge >= 0.3 is 23.9 Å². The van der Waals surface area contributed by atoms with Crippen LogP contribution in [0.3, 0.4) is 0 Å². The van der Waals surface area contributed by atoms with Crippen molar-refractivity contribution in [2.24, 2.45) is 23.7 Å². The Bertz CT molecular complexity index is 1540. The second kappa shape index (κ2) is 129. The summed E-state index contributed by atoms with van der Waals surface area (Å²) in [6, 6.07) is 0. The van der Waals surface area contributed by atoms with Crippen LogP contribution in [0.5, 0.6) is 0 Å². The van der Waals surface area contributed by atoms with Crippen molar-refractivity contribution < 1.29 is 147 Å². The Balaban J connectivity index is -0.000000129. The monoisotopic (exact) mass is 1780 g/mol. The molecule has 0 atom stereocenters. The van der Waals surface area contributed by atoms with E-state index in [1.165, 1.54) is 283 Å². The van der Waals surface area contributed by atoms with Gasteiger partial charge in [0, 0.05) is 25.7 Å². The van der Waals surface area contributed by atoms with Crippen molar-refractivity contribution >= 4 is 23.9 Å². The minimum absolute atomic E-state index is 0.344. The Kier molecular flexibility index (Phi) is 150. The summed E-state index contributed by atoms with van der Waals surface area (Å²) in [5, 5.41) is 202. The Hall–Kier alpha value is -2.96. The average molecular weight is 1780 g/mol. The summed E-state index contributed by atoms with van der Waals surface area (Å²) in [5.74, 6) is 0.848. The molecule has 0 radical (unpaired) electrons. The van der Waals surface area contributed by atoms with Gasteiger partial charge in [0.15, 0.2) is 0 Å². The molecule has 122 heavy (non-hydrogen) atoms. The van der Waals surface area contributed by atoms with E-state index in [1.54, 1.807) is 0 Å². The van der Waals surface area contributed by atoms with Gasteiger partial charge in [-0.15, -0.1) is 0 Å². The predicted molar refractivity (Wildman–Crippen MR) is 490 cm³/mol. The van der Waals surface area contributed by atoms with Crippen LogP contribution in [-0.4, -0.2) is 287 Å². The third-order valence-electron chi connectivity index (χ3n) is 18.6. The summed E-state index contributed by atoms with van der Waals surface area (Å²) in [6.07, 6.45) is 62.6. The first-order valence-corrected chi connectivity index (χ1v) is 47.3. The molecule has 0 saturated heterocycles. The molecule has 0 unspecified atom stereocenters. The molecule has 0 heterocycles. The third kappa shape index (κ3) is 182. The van der Waals surface area contributed by atoms with E-state index in [0.29, 0.717) is 25.7 Å². The highest BCUT2D eigenvalue weighted by molar-refractivity contribution is 5.67. The molecular formula is C93H200O29.